The summed E-state index contributed by atoms with van der Waals surface area (Å²) in [5.41, 5.74) is 0.185. The highest BCUT2D eigenvalue weighted by atomic mass is 32.1. The van der Waals surface area contributed by atoms with Gasteiger partial charge in [-0.2, -0.15) is 0 Å². The molecule has 1 heterocycles. The minimum absolute atomic E-state index is 0.140. The topological polar surface area (TPSA) is 79.3 Å². The van der Waals surface area contributed by atoms with Crippen LogP contribution in [0.5, 0.6) is 0 Å². The molecular formula is C13H18N2O3S. The summed E-state index contributed by atoms with van der Waals surface area (Å²) in [5, 5.41) is 12.8. The highest BCUT2D eigenvalue weighted by molar-refractivity contribution is 7.17. The van der Waals surface area contributed by atoms with Crippen LogP contribution in [0.15, 0.2) is 0 Å². The first kappa shape index (κ1) is 14.0. The zero-order valence-electron chi connectivity index (χ0n) is 11.2. The molecule has 0 atom stereocenters. The Kier molecular flexibility index (Phi) is 3.89. The minimum atomic E-state index is -1.15. The number of hydrogen-bond donors (Lipinski definition) is 2. The largest absolute Gasteiger partial charge is 0.476 e. The number of rotatable bonds is 6. The first-order valence-corrected chi connectivity index (χ1v) is 7.28. The van der Waals surface area contributed by atoms with E-state index in [0.29, 0.717) is 10.5 Å². The van der Waals surface area contributed by atoms with Gasteiger partial charge >= 0.3 is 5.97 Å². The van der Waals surface area contributed by atoms with Crippen molar-refractivity contribution >= 4 is 28.2 Å². The van der Waals surface area contributed by atoms with Crippen molar-refractivity contribution in [1.29, 1.82) is 0 Å². The number of aromatic carboxylic acids is 1. The van der Waals surface area contributed by atoms with E-state index in [1.807, 2.05) is 0 Å². The van der Waals surface area contributed by atoms with Crippen LogP contribution >= 0.6 is 11.3 Å². The standard InChI is InChI=1S/C13H18N2O3S/c1-3-13(5-4-6-13)7-14-12-15-9(11(17)18)10(19-12)8(2)16/h3-7H2,1-2H3,(H,14,15)(H,17,18). The van der Waals surface area contributed by atoms with E-state index >= 15 is 0 Å². The highest BCUT2D eigenvalue weighted by Gasteiger charge is 2.35. The zero-order valence-corrected chi connectivity index (χ0v) is 12.0. The van der Waals surface area contributed by atoms with E-state index in [1.165, 1.54) is 26.2 Å². The normalized spacial score (nSPS) is 16.7. The fourth-order valence-electron chi connectivity index (χ4n) is 2.37. The number of carboxylic acid groups (broad SMARTS) is 1. The summed E-state index contributed by atoms with van der Waals surface area (Å²) in [5.74, 6) is -1.40. The lowest BCUT2D eigenvalue weighted by Gasteiger charge is -2.41. The molecule has 0 spiro atoms. The molecule has 0 saturated heterocycles. The lowest BCUT2D eigenvalue weighted by Crippen LogP contribution is -2.35. The molecule has 0 unspecified atom stereocenters. The number of nitrogens with zero attached hydrogens (tertiary/aromatic N) is 1. The Morgan fingerprint density at radius 2 is 2.16 bits per heavy atom. The van der Waals surface area contributed by atoms with Crippen molar-refractivity contribution in [3.8, 4) is 0 Å². The van der Waals surface area contributed by atoms with Gasteiger partial charge in [0.2, 0.25) is 0 Å². The van der Waals surface area contributed by atoms with E-state index in [-0.39, 0.29) is 16.4 Å². The summed E-state index contributed by atoms with van der Waals surface area (Å²) >= 11 is 1.13. The number of aromatic nitrogens is 1. The third kappa shape index (κ3) is 2.78. The molecule has 2 rings (SSSR count). The second-order valence-electron chi connectivity index (χ2n) is 5.12. The third-order valence-corrected chi connectivity index (χ3v) is 5.04. The first-order valence-electron chi connectivity index (χ1n) is 6.46. The first-order chi connectivity index (χ1) is 8.97. The number of carbonyl (C=O) groups excluding carboxylic acids is 1. The van der Waals surface area contributed by atoms with Crippen LogP contribution in [0.1, 0.15) is 59.7 Å². The van der Waals surface area contributed by atoms with Gasteiger partial charge in [-0.1, -0.05) is 24.7 Å². The van der Waals surface area contributed by atoms with Crippen molar-refractivity contribution in [3.05, 3.63) is 10.6 Å². The lowest BCUT2D eigenvalue weighted by atomic mass is 9.67. The number of carbonyl (C=O) groups is 2. The van der Waals surface area contributed by atoms with Crippen LogP contribution in [-0.4, -0.2) is 28.4 Å². The molecule has 1 aliphatic rings. The van der Waals surface area contributed by atoms with Crippen molar-refractivity contribution in [1.82, 2.24) is 4.98 Å². The maximum absolute atomic E-state index is 11.4. The zero-order chi connectivity index (χ0) is 14.0. The van der Waals surface area contributed by atoms with Gasteiger partial charge in [0.15, 0.2) is 16.6 Å². The molecule has 0 radical (unpaired) electrons. The Morgan fingerprint density at radius 3 is 2.53 bits per heavy atom. The molecule has 1 fully saturated rings. The molecule has 1 aromatic heterocycles. The fraction of sp³-hybridized carbons (Fsp3) is 0.615. The van der Waals surface area contributed by atoms with Gasteiger partial charge in [0.25, 0.3) is 0 Å². The molecule has 1 aromatic rings. The van der Waals surface area contributed by atoms with Gasteiger partial charge in [-0.15, -0.1) is 0 Å². The predicted molar refractivity (Wildman–Crippen MR) is 74.1 cm³/mol. The van der Waals surface area contributed by atoms with E-state index in [2.05, 4.69) is 17.2 Å². The van der Waals surface area contributed by atoms with Crippen LogP contribution in [0.3, 0.4) is 0 Å². The molecule has 0 aromatic carbocycles. The van der Waals surface area contributed by atoms with Crippen LogP contribution in [-0.2, 0) is 0 Å². The molecule has 0 aliphatic heterocycles. The molecule has 6 heteroatoms. The summed E-state index contributed by atoms with van der Waals surface area (Å²) in [6, 6.07) is 0. The maximum Gasteiger partial charge on any atom is 0.356 e. The number of nitrogens with one attached hydrogen (secondary N) is 1. The van der Waals surface area contributed by atoms with Crippen LogP contribution < -0.4 is 5.32 Å². The van der Waals surface area contributed by atoms with Gasteiger partial charge < -0.3 is 10.4 Å². The average Bonchev–Trinajstić information content (AvgIpc) is 2.72. The average molecular weight is 282 g/mol. The molecule has 2 N–H and O–H groups in total. The lowest BCUT2D eigenvalue weighted by molar-refractivity contribution is 0.0687. The van der Waals surface area contributed by atoms with E-state index in [9.17, 15) is 9.59 Å². The quantitative estimate of drug-likeness (QED) is 0.784. The van der Waals surface area contributed by atoms with Crippen molar-refractivity contribution in [2.75, 3.05) is 11.9 Å². The van der Waals surface area contributed by atoms with Gasteiger partial charge in [-0.25, -0.2) is 9.78 Å². The molecule has 104 valence electrons. The number of anilines is 1. The predicted octanol–water partition coefficient (Wildman–Crippen LogP) is 3.04. The maximum atomic E-state index is 11.4. The molecule has 1 aliphatic carbocycles. The molecule has 5 nitrogen and oxygen atoms in total. The van der Waals surface area contributed by atoms with Crippen LogP contribution in [0.2, 0.25) is 0 Å². The molecule has 19 heavy (non-hydrogen) atoms. The van der Waals surface area contributed by atoms with Gasteiger partial charge in [0.05, 0.1) is 0 Å². The molecule has 0 amide bonds. The number of Topliss-reactive ketones (excluding diaryl/α,β-unsaturated/α-hetero) is 1. The van der Waals surface area contributed by atoms with E-state index in [1.54, 1.807) is 0 Å². The van der Waals surface area contributed by atoms with Crippen LogP contribution in [0, 0.1) is 5.41 Å². The highest BCUT2D eigenvalue weighted by Crippen LogP contribution is 2.43. The van der Waals surface area contributed by atoms with Crippen LogP contribution in [0.4, 0.5) is 5.13 Å². The smallest absolute Gasteiger partial charge is 0.356 e. The number of carboxylic acids is 1. The summed E-state index contributed by atoms with van der Waals surface area (Å²) in [7, 11) is 0. The fourth-order valence-corrected chi connectivity index (χ4v) is 3.22. The monoisotopic (exact) mass is 282 g/mol. The van der Waals surface area contributed by atoms with Crippen molar-refractivity contribution in [2.24, 2.45) is 5.41 Å². The van der Waals surface area contributed by atoms with E-state index in [4.69, 9.17) is 5.11 Å². The summed E-state index contributed by atoms with van der Waals surface area (Å²) in [6.45, 7) is 4.34. The second kappa shape index (κ2) is 5.28. The Labute approximate surface area is 116 Å². The third-order valence-electron chi connectivity index (χ3n) is 3.93. The van der Waals surface area contributed by atoms with Crippen molar-refractivity contribution in [3.63, 3.8) is 0 Å². The number of hydrogen-bond acceptors (Lipinski definition) is 5. The Hall–Kier alpha value is -1.43. The summed E-state index contributed by atoms with van der Waals surface area (Å²) in [6.07, 6.45) is 4.77. The Balaban J connectivity index is 2.11. The molecular weight excluding hydrogens is 264 g/mol. The summed E-state index contributed by atoms with van der Waals surface area (Å²) < 4.78 is 0. The van der Waals surface area contributed by atoms with E-state index < -0.39 is 5.97 Å². The minimum Gasteiger partial charge on any atom is -0.476 e. The Morgan fingerprint density at radius 1 is 1.47 bits per heavy atom. The van der Waals surface area contributed by atoms with E-state index in [0.717, 1.165) is 24.3 Å². The Bertz CT molecular complexity index is 469. The van der Waals surface area contributed by atoms with Crippen molar-refractivity contribution < 1.29 is 14.7 Å². The summed E-state index contributed by atoms with van der Waals surface area (Å²) in [4.78, 5) is 26.6. The second-order valence-corrected chi connectivity index (χ2v) is 6.12. The SMILES string of the molecule is CCC1(CNc2nc(C(=O)O)c(C(C)=O)s2)CCC1. The van der Waals surface area contributed by atoms with Gasteiger partial charge in [-0.3, -0.25) is 4.79 Å². The number of ketones is 1. The van der Waals surface area contributed by atoms with Gasteiger partial charge in [0, 0.05) is 13.5 Å². The molecule has 0 bridgehead atoms. The number of thiazole rings is 1. The molecule has 1 saturated carbocycles. The van der Waals surface area contributed by atoms with Gasteiger partial charge in [0.1, 0.15) is 4.88 Å². The van der Waals surface area contributed by atoms with Gasteiger partial charge in [-0.05, 0) is 24.7 Å². The van der Waals surface area contributed by atoms with Crippen LogP contribution in [0.25, 0.3) is 0 Å². The van der Waals surface area contributed by atoms with Crippen molar-refractivity contribution in [2.45, 2.75) is 39.5 Å².